The highest BCUT2D eigenvalue weighted by Crippen LogP contribution is 2.05. The van der Waals surface area contributed by atoms with E-state index >= 15 is 0 Å². The molecule has 0 heterocycles. The number of amides is 2. The van der Waals surface area contributed by atoms with Crippen LogP contribution in [0.1, 0.15) is 24.0 Å². The Morgan fingerprint density at radius 2 is 1.37 bits per heavy atom. The van der Waals surface area contributed by atoms with Gasteiger partial charge in [0.25, 0.3) is 0 Å². The van der Waals surface area contributed by atoms with Gasteiger partial charge in [0.05, 0.1) is 0 Å². The van der Waals surface area contributed by atoms with Crippen LogP contribution in [-0.4, -0.2) is 24.0 Å². The number of hydrogen-bond donors (Lipinski definition) is 2. The lowest BCUT2D eigenvalue weighted by atomic mass is 10.1. The van der Waals surface area contributed by atoms with Gasteiger partial charge in [-0.05, 0) is 17.5 Å². The zero-order valence-corrected chi connectivity index (χ0v) is 14.8. The van der Waals surface area contributed by atoms with Gasteiger partial charge in [0.2, 0.25) is 5.91 Å². The summed E-state index contributed by atoms with van der Waals surface area (Å²) in [6, 6.07) is 17.3. The molecule has 2 rings (SSSR count). The minimum atomic E-state index is -1.02. The molecule has 0 aromatic heterocycles. The van der Waals surface area contributed by atoms with E-state index in [9.17, 15) is 14.4 Å². The van der Waals surface area contributed by atoms with Crippen LogP contribution in [0.2, 0.25) is 0 Å². The molecule has 0 fully saturated rings. The molecule has 142 valence electrons. The Bertz CT molecular complexity index is 749. The standard InChI is InChI=1S/C20H22N2O5/c21-19(24)17(22-20(25)27-14-16-9-5-2-6-10-16)11-12-18(23)26-13-15-7-3-1-4-8-15/h1-10,17H,11-14H2,(H2,21,24)(H,22,25)/t17-/m1/s1. The maximum atomic E-state index is 11.8. The van der Waals surface area contributed by atoms with Crippen LogP contribution in [0, 0.1) is 0 Å². The molecule has 0 aliphatic rings. The number of rotatable bonds is 9. The number of primary amides is 1. The highest BCUT2D eigenvalue weighted by Gasteiger charge is 2.20. The Balaban J connectivity index is 1.73. The minimum Gasteiger partial charge on any atom is -0.461 e. The molecule has 7 heteroatoms. The second-order valence-electron chi connectivity index (χ2n) is 5.85. The molecule has 0 unspecified atom stereocenters. The van der Waals surface area contributed by atoms with Gasteiger partial charge in [-0.15, -0.1) is 0 Å². The average Bonchev–Trinajstić information content (AvgIpc) is 2.69. The molecule has 0 spiro atoms. The van der Waals surface area contributed by atoms with Crippen molar-refractivity contribution in [3.8, 4) is 0 Å². The average molecular weight is 370 g/mol. The van der Waals surface area contributed by atoms with Crippen LogP contribution >= 0.6 is 0 Å². The van der Waals surface area contributed by atoms with Gasteiger partial charge in [-0.1, -0.05) is 60.7 Å². The van der Waals surface area contributed by atoms with Gasteiger partial charge in [-0.2, -0.15) is 0 Å². The molecule has 0 saturated heterocycles. The van der Waals surface area contributed by atoms with Crippen LogP contribution in [0.4, 0.5) is 4.79 Å². The number of ether oxygens (including phenoxy) is 2. The maximum Gasteiger partial charge on any atom is 0.408 e. The van der Waals surface area contributed by atoms with Crippen molar-refractivity contribution in [1.29, 1.82) is 0 Å². The Morgan fingerprint density at radius 3 is 1.89 bits per heavy atom. The van der Waals surface area contributed by atoms with E-state index in [4.69, 9.17) is 15.2 Å². The van der Waals surface area contributed by atoms with Gasteiger partial charge in [0.1, 0.15) is 19.3 Å². The Morgan fingerprint density at radius 1 is 0.852 bits per heavy atom. The van der Waals surface area contributed by atoms with E-state index in [1.165, 1.54) is 0 Å². The summed E-state index contributed by atoms with van der Waals surface area (Å²) in [5.74, 6) is -1.23. The number of esters is 1. The van der Waals surface area contributed by atoms with Gasteiger partial charge in [-0.25, -0.2) is 4.79 Å². The first-order chi connectivity index (χ1) is 13.0. The normalized spacial score (nSPS) is 11.3. The molecular formula is C20H22N2O5. The summed E-state index contributed by atoms with van der Waals surface area (Å²) >= 11 is 0. The second kappa shape index (κ2) is 10.6. The fraction of sp³-hybridized carbons (Fsp3) is 0.250. The number of carbonyl (C=O) groups excluding carboxylic acids is 3. The highest BCUT2D eigenvalue weighted by atomic mass is 16.5. The monoisotopic (exact) mass is 370 g/mol. The van der Waals surface area contributed by atoms with Crippen LogP contribution in [-0.2, 0) is 32.3 Å². The third kappa shape index (κ3) is 7.60. The molecule has 0 aliphatic heterocycles. The summed E-state index contributed by atoms with van der Waals surface area (Å²) < 4.78 is 10.2. The summed E-state index contributed by atoms with van der Waals surface area (Å²) in [7, 11) is 0. The number of nitrogens with one attached hydrogen (secondary N) is 1. The Labute approximate surface area is 157 Å². The SMILES string of the molecule is NC(=O)[C@@H](CCC(=O)OCc1ccccc1)NC(=O)OCc1ccccc1. The van der Waals surface area contributed by atoms with Crippen LogP contribution in [0.15, 0.2) is 60.7 Å². The van der Waals surface area contributed by atoms with E-state index < -0.39 is 24.0 Å². The summed E-state index contributed by atoms with van der Waals surface area (Å²) in [5, 5.41) is 2.37. The second-order valence-corrected chi connectivity index (χ2v) is 5.85. The van der Waals surface area contributed by atoms with E-state index in [1.54, 1.807) is 0 Å². The quantitative estimate of drug-likeness (QED) is 0.659. The van der Waals surface area contributed by atoms with Crippen molar-refractivity contribution >= 4 is 18.0 Å². The topological polar surface area (TPSA) is 108 Å². The smallest absolute Gasteiger partial charge is 0.408 e. The fourth-order valence-corrected chi connectivity index (χ4v) is 2.27. The van der Waals surface area contributed by atoms with Gasteiger partial charge < -0.3 is 20.5 Å². The van der Waals surface area contributed by atoms with Gasteiger partial charge in [-0.3, -0.25) is 9.59 Å². The van der Waals surface area contributed by atoms with E-state index in [0.717, 1.165) is 11.1 Å². The number of hydrogen-bond acceptors (Lipinski definition) is 5. The summed E-state index contributed by atoms with van der Waals surface area (Å²) in [5.41, 5.74) is 6.96. The molecule has 1 atom stereocenters. The van der Waals surface area contributed by atoms with Crippen molar-refractivity contribution in [2.45, 2.75) is 32.1 Å². The third-order valence-corrected chi connectivity index (χ3v) is 3.73. The summed E-state index contributed by atoms with van der Waals surface area (Å²) in [6.45, 7) is 0.213. The molecule has 0 bridgehead atoms. The number of benzene rings is 2. The van der Waals surface area contributed by atoms with Crippen LogP contribution < -0.4 is 11.1 Å². The Hall–Kier alpha value is -3.35. The first kappa shape index (κ1) is 20.0. The molecule has 2 amide bonds. The van der Waals surface area contributed by atoms with E-state index in [0.29, 0.717) is 0 Å². The Kier molecular flexibility index (Phi) is 7.84. The number of carbonyl (C=O) groups is 3. The summed E-state index contributed by atoms with van der Waals surface area (Å²) in [6.07, 6.45) is -0.802. The van der Waals surface area contributed by atoms with Crippen molar-refractivity contribution < 1.29 is 23.9 Å². The van der Waals surface area contributed by atoms with Crippen molar-refractivity contribution in [1.82, 2.24) is 5.32 Å². The van der Waals surface area contributed by atoms with Crippen LogP contribution in [0.25, 0.3) is 0 Å². The molecular weight excluding hydrogens is 348 g/mol. The lowest BCUT2D eigenvalue weighted by Crippen LogP contribution is -2.44. The lowest BCUT2D eigenvalue weighted by molar-refractivity contribution is -0.145. The minimum absolute atomic E-state index is 0.0311. The first-order valence-electron chi connectivity index (χ1n) is 8.50. The molecule has 3 N–H and O–H groups in total. The van der Waals surface area contributed by atoms with Crippen molar-refractivity contribution in [3.63, 3.8) is 0 Å². The number of alkyl carbamates (subject to hydrolysis) is 1. The predicted octanol–water partition coefficient (Wildman–Crippen LogP) is 2.29. The zero-order valence-electron chi connectivity index (χ0n) is 14.8. The molecule has 0 radical (unpaired) electrons. The van der Waals surface area contributed by atoms with Gasteiger partial charge in [0.15, 0.2) is 0 Å². The highest BCUT2D eigenvalue weighted by molar-refractivity contribution is 5.84. The van der Waals surface area contributed by atoms with E-state index in [2.05, 4.69) is 5.32 Å². The van der Waals surface area contributed by atoms with E-state index in [1.807, 2.05) is 60.7 Å². The fourth-order valence-electron chi connectivity index (χ4n) is 2.27. The van der Waals surface area contributed by atoms with Gasteiger partial charge in [0, 0.05) is 6.42 Å². The van der Waals surface area contributed by atoms with Crippen molar-refractivity contribution in [3.05, 3.63) is 71.8 Å². The zero-order chi connectivity index (χ0) is 19.5. The molecule has 2 aromatic carbocycles. The molecule has 27 heavy (non-hydrogen) atoms. The summed E-state index contributed by atoms with van der Waals surface area (Å²) in [4.78, 5) is 35.2. The largest absolute Gasteiger partial charge is 0.461 e. The molecule has 0 saturated carbocycles. The maximum absolute atomic E-state index is 11.8. The van der Waals surface area contributed by atoms with Crippen molar-refractivity contribution in [2.75, 3.05) is 0 Å². The van der Waals surface area contributed by atoms with Crippen molar-refractivity contribution in [2.24, 2.45) is 5.73 Å². The first-order valence-corrected chi connectivity index (χ1v) is 8.50. The third-order valence-electron chi connectivity index (χ3n) is 3.73. The van der Waals surface area contributed by atoms with E-state index in [-0.39, 0.29) is 26.1 Å². The van der Waals surface area contributed by atoms with Gasteiger partial charge >= 0.3 is 12.1 Å². The molecule has 7 nitrogen and oxygen atoms in total. The molecule has 2 aromatic rings. The molecule has 0 aliphatic carbocycles. The van der Waals surface area contributed by atoms with Crippen LogP contribution in [0.3, 0.4) is 0 Å². The predicted molar refractivity (Wildman–Crippen MR) is 98.2 cm³/mol. The number of nitrogens with two attached hydrogens (primary N) is 1. The van der Waals surface area contributed by atoms with Crippen LogP contribution in [0.5, 0.6) is 0 Å². The lowest BCUT2D eigenvalue weighted by Gasteiger charge is -2.15.